The van der Waals surface area contributed by atoms with Crippen molar-refractivity contribution in [2.24, 2.45) is 0 Å². The van der Waals surface area contributed by atoms with Crippen molar-refractivity contribution >= 4 is 6.29 Å². The van der Waals surface area contributed by atoms with Gasteiger partial charge in [-0.25, -0.2) is 0 Å². The molecule has 132 valence electrons. The van der Waals surface area contributed by atoms with Crippen LogP contribution in [0.25, 0.3) is 0 Å². The lowest BCUT2D eigenvalue weighted by Crippen LogP contribution is -2.43. The first kappa shape index (κ1) is 17.5. The van der Waals surface area contributed by atoms with Crippen molar-refractivity contribution in [3.8, 4) is 11.5 Å². The number of aldehydes is 1. The van der Waals surface area contributed by atoms with Crippen LogP contribution in [0.5, 0.6) is 11.5 Å². The van der Waals surface area contributed by atoms with E-state index in [0.717, 1.165) is 38.3 Å². The van der Waals surface area contributed by atoms with Crippen molar-refractivity contribution in [3.05, 3.63) is 59.2 Å². The Labute approximate surface area is 148 Å². The second kappa shape index (κ2) is 8.14. The van der Waals surface area contributed by atoms with Crippen LogP contribution in [0.15, 0.2) is 42.5 Å². The minimum atomic E-state index is -0.0173. The fourth-order valence-corrected chi connectivity index (χ4v) is 2.90. The zero-order chi connectivity index (χ0) is 17.6. The summed E-state index contributed by atoms with van der Waals surface area (Å²) in [4.78, 5) is 15.5. The third-order valence-corrected chi connectivity index (χ3v) is 4.54. The van der Waals surface area contributed by atoms with Crippen molar-refractivity contribution in [1.82, 2.24) is 9.80 Å². The highest BCUT2D eigenvalue weighted by molar-refractivity contribution is 5.76. The number of hydrogen-bond donors (Lipinski definition) is 1. The van der Waals surface area contributed by atoms with E-state index in [0.29, 0.717) is 24.2 Å². The number of nitrogens with zero attached hydrogens (tertiary/aromatic N) is 2. The van der Waals surface area contributed by atoms with Gasteiger partial charge in [-0.1, -0.05) is 24.3 Å². The summed E-state index contributed by atoms with van der Waals surface area (Å²) in [5.74, 6) is 0.364. The standard InChI is InChI=1S/C20H24N2O3/c1-21-8-10-22(11-9-21)13-16-2-4-17(5-3-16)15-25-20-7-6-18(14-23)12-19(20)24/h2-7,12,14,24H,8-11,13,15H2,1H3. The van der Waals surface area contributed by atoms with Crippen molar-refractivity contribution in [3.63, 3.8) is 0 Å². The van der Waals surface area contributed by atoms with Gasteiger partial charge in [-0.05, 0) is 36.4 Å². The second-order valence-corrected chi connectivity index (χ2v) is 6.53. The molecule has 1 saturated heterocycles. The van der Waals surface area contributed by atoms with Crippen molar-refractivity contribution in [1.29, 1.82) is 0 Å². The van der Waals surface area contributed by atoms with Crippen LogP contribution in [0, 0.1) is 0 Å². The minimum absolute atomic E-state index is 0.0173. The van der Waals surface area contributed by atoms with Crippen LogP contribution in [-0.4, -0.2) is 54.4 Å². The van der Waals surface area contributed by atoms with Gasteiger partial charge >= 0.3 is 0 Å². The molecule has 1 aliphatic heterocycles. The first-order valence-corrected chi connectivity index (χ1v) is 8.54. The Morgan fingerprint density at radius 1 is 1.04 bits per heavy atom. The molecule has 1 N–H and O–H groups in total. The molecule has 1 heterocycles. The fourth-order valence-electron chi connectivity index (χ4n) is 2.90. The van der Waals surface area contributed by atoms with Crippen LogP contribution in [0.1, 0.15) is 21.5 Å². The summed E-state index contributed by atoms with van der Waals surface area (Å²) >= 11 is 0. The number of likely N-dealkylation sites (N-methyl/N-ethyl adjacent to an activating group) is 1. The van der Waals surface area contributed by atoms with E-state index in [4.69, 9.17) is 4.74 Å². The van der Waals surface area contributed by atoms with Gasteiger partial charge in [0, 0.05) is 38.3 Å². The smallest absolute Gasteiger partial charge is 0.161 e. The highest BCUT2D eigenvalue weighted by Crippen LogP contribution is 2.27. The van der Waals surface area contributed by atoms with Gasteiger partial charge in [-0.15, -0.1) is 0 Å². The molecule has 1 fully saturated rings. The zero-order valence-corrected chi connectivity index (χ0v) is 14.5. The maximum absolute atomic E-state index is 10.7. The van der Waals surface area contributed by atoms with E-state index in [-0.39, 0.29) is 5.75 Å². The molecule has 0 aromatic heterocycles. The first-order valence-electron chi connectivity index (χ1n) is 8.54. The minimum Gasteiger partial charge on any atom is -0.504 e. The van der Waals surface area contributed by atoms with Crippen LogP contribution in [0.2, 0.25) is 0 Å². The second-order valence-electron chi connectivity index (χ2n) is 6.53. The van der Waals surface area contributed by atoms with Gasteiger partial charge in [0.15, 0.2) is 11.5 Å². The van der Waals surface area contributed by atoms with Gasteiger partial charge in [0.1, 0.15) is 12.9 Å². The van der Waals surface area contributed by atoms with Crippen molar-refractivity contribution < 1.29 is 14.6 Å². The molecular formula is C20H24N2O3. The van der Waals surface area contributed by atoms with E-state index >= 15 is 0 Å². The van der Waals surface area contributed by atoms with E-state index < -0.39 is 0 Å². The summed E-state index contributed by atoms with van der Waals surface area (Å²) in [6.45, 7) is 5.82. The molecule has 0 spiro atoms. The number of ether oxygens (including phenoxy) is 1. The SMILES string of the molecule is CN1CCN(Cc2ccc(COc3ccc(C=O)cc3O)cc2)CC1. The summed E-state index contributed by atoms with van der Waals surface area (Å²) in [6.07, 6.45) is 0.697. The van der Waals surface area contributed by atoms with Crippen molar-refractivity contribution in [2.75, 3.05) is 33.2 Å². The Kier molecular flexibility index (Phi) is 5.68. The Morgan fingerprint density at radius 2 is 1.72 bits per heavy atom. The van der Waals surface area contributed by atoms with E-state index in [9.17, 15) is 9.90 Å². The molecule has 0 atom stereocenters. The maximum Gasteiger partial charge on any atom is 0.161 e. The predicted molar refractivity (Wildman–Crippen MR) is 97.0 cm³/mol. The Balaban J connectivity index is 1.53. The average molecular weight is 340 g/mol. The van der Waals surface area contributed by atoms with Crippen LogP contribution in [0.4, 0.5) is 0 Å². The molecule has 25 heavy (non-hydrogen) atoms. The van der Waals surface area contributed by atoms with E-state index in [1.807, 2.05) is 0 Å². The van der Waals surface area contributed by atoms with Gasteiger partial charge in [0.05, 0.1) is 0 Å². The molecule has 0 unspecified atom stereocenters. The number of phenols is 1. The summed E-state index contributed by atoms with van der Waals surface area (Å²) in [7, 11) is 2.16. The highest BCUT2D eigenvalue weighted by Gasteiger charge is 2.13. The fraction of sp³-hybridized carbons (Fsp3) is 0.350. The molecule has 0 saturated carbocycles. The normalized spacial score (nSPS) is 15.9. The number of phenolic OH excluding ortho intramolecular Hbond substituents is 1. The van der Waals surface area contributed by atoms with Crippen LogP contribution < -0.4 is 4.74 Å². The zero-order valence-electron chi connectivity index (χ0n) is 14.5. The largest absolute Gasteiger partial charge is 0.504 e. The molecule has 0 amide bonds. The summed E-state index contributed by atoms with van der Waals surface area (Å²) in [6, 6.07) is 13.0. The van der Waals surface area contributed by atoms with E-state index in [2.05, 4.69) is 41.1 Å². The number of benzene rings is 2. The van der Waals surface area contributed by atoms with E-state index in [1.165, 1.54) is 11.6 Å². The molecular weight excluding hydrogens is 316 g/mol. The number of hydrogen-bond acceptors (Lipinski definition) is 5. The lowest BCUT2D eigenvalue weighted by Gasteiger charge is -2.32. The molecule has 5 heteroatoms. The van der Waals surface area contributed by atoms with Gasteiger partial charge in [0.25, 0.3) is 0 Å². The summed E-state index contributed by atoms with van der Waals surface area (Å²) in [5, 5.41) is 9.85. The van der Waals surface area contributed by atoms with Gasteiger partial charge in [0.2, 0.25) is 0 Å². The van der Waals surface area contributed by atoms with Crippen molar-refractivity contribution in [2.45, 2.75) is 13.2 Å². The molecule has 0 bridgehead atoms. The average Bonchev–Trinajstić information content (AvgIpc) is 2.64. The van der Waals surface area contributed by atoms with E-state index in [1.54, 1.807) is 12.1 Å². The number of carbonyl (C=O) groups is 1. The number of aromatic hydroxyl groups is 1. The molecule has 2 aromatic rings. The molecule has 5 nitrogen and oxygen atoms in total. The Hall–Kier alpha value is -2.37. The van der Waals surface area contributed by atoms with Crippen LogP contribution in [-0.2, 0) is 13.2 Å². The quantitative estimate of drug-likeness (QED) is 0.819. The molecule has 2 aromatic carbocycles. The van der Waals surface area contributed by atoms with Crippen LogP contribution in [0.3, 0.4) is 0 Å². The topological polar surface area (TPSA) is 53.0 Å². The number of piperazine rings is 1. The lowest BCUT2D eigenvalue weighted by molar-refractivity contribution is 0.112. The first-order chi connectivity index (χ1) is 12.1. The van der Waals surface area contributed by atoms with Gasteiger partial charge < -0.3 is 14.7 Å². The predicted octanol–water partition coefficient (Wildman–Crippen LogP) is 2.53. The Morgan fingerprint density at radius 3 is 2.36 bits per heavy atom. The molecule has 3 rings (SSSR count). The summed E-state index contributed by atoms with van der Waals surface area (Å²) < 4.78 is 5.64. The number of rotatable bonds is 6. The third kappa shape index (κ3) is 4.81. The maximum atomic E-state index is 10.7. The monoisotopic (exact) mass is 340 g/mol. The highest BCUT2D eigenvalue weighted by atomic mass is 16.5. The van der Waals surface area contributed by atoms with Gasteiger partial charge in [-0.3, -0.25) is 9.69 Å². The molecule has 0 radical (unpaired) electrons. The molecule has 1 aliphatic rings. The van der Waals surface area contributed by atoms with Crippen LogP contribution >= 0.6 is 0 Å². The third-order valence-electron chi connectivity index (χ3n) is 4.54. The van der Waals surface area contributed by atoms with Gasteiger partial charge in [-0.2, -0.15) is 0 Å². The number of carbonyl (C=O) groups excluding carboxylic acids is 1. The lowest BCUT2D eigenvalue weighted by atomic mass is 10.1. The summed E-state index contributed by atoms with van der Waals surface area (Å²) in [5.41, 5.74) is 2.77. The Bertz CT molecular complexity index is 707. The molecule has 0 aliphatic carbocycles.